The van der Waals surface area contributed by atoms with Crippen LogP contribution in [0.3, 0.4) is 0 Å². The topological polar surface area (TPSA) is 60.7 Å². The van der Waals surface area contributed by atoms with Crippen molar-refractivity contribution in [3.05, 3.63) is 52.0 Å². The average molecular weight is 334 g/mol. The van der Waals surface area contributed by atoms with Crippen molar-refractivity contribution in [1.29, 1.82) is 0 Å². The van der Waals surface area contributed by atoms with Crippen LogP contribution in [0.2, 0.25) is 10.0 Å². The summed E-state index contributed by atoms with van der Waals surface area (Å²) in [6, 6.07) is 10.8. The largest absolute Gasteiger partial charge is 0.493 e. The van der Waals surface area contributed by atoms with Crippen LogP contribution in [0.1, 0.15) is 12.5 Å². The zero-order valence-electron chi connectivity index (χ0n) is 11.8. The first-order valence-electron chi connectivity index (χ1n) is 6.79. The molecule has 2 N–H and O–H groups in total. The van der Waals surface area contributed by atoms with Gasteiger partial charge in [0.2, 0.25) is 5.88 Å². The van der Waals surface area contributed by atoms with Crippen LogP contribution in [0.4, 0.5) is 11.4 Å². The summed E-state index contributed by atoms with van der Waals surface area (Å²) < 4.78 is 0. The molecule has 1 aromatic heterocycles. The van der Waals surface area contributed by atoms with Crippen molar-refractivity contribution in [2.24, 2.45) is 10.2 Å². The third kappa shape index (κ3) is 2.80. The van der Waals surface area contributed by atoms with Crippen molar-refractivity contribution in [1.82, 2.24) is 4.98 Å². The van der Waals surface area contributed by atoms with Crippen molar-refractivity contribution in [3.63, 3.8) is 0 Å². The minimum absolute atomic E-state index is 0.00669. The number of fused-ring (bicyclic) bond motifs is 1. The number of aromatic hydroxyl groups is 1. The molecule has 2 aromatic carbocycles. The molecule has 0 radical (unpaired) electrons. The summed E-state index contributed by atoms with van der Waals surface area (Å²) in [6.07, 6.45) is 0.859. The zero-order chi connectivity index (χ0) is 15.7. The number of nitrogens with one attached hydrogen (secondary N) is 1. The molecule has 112 valence electrons. The van der Waals surface area contributed by atoms with E-state index < -0.39 is 0 Å². The van der Waals surface area contributed by atoms with Gasteiger partial charge in [-0.1, -0.05) is 48.3 Å². The number of aromatic nitrogens is 1. The highest BCUT2D eigenvalue weighted by Crippen LogP contribution is 2.38. The number of hydrogen-bond donors (Lipinski definition) is 2. The van der Waals surface area contributed by atoms with Gasteiger partial charge in [-0.3, -0.25) is 0 Å². The fourth-order valence-corrected chi connectivity index (χ4v) is 2.87. The van der Waals surface area contributed by atoms with Crippen LogP contribution in [0, 0.1) is 0 Å². The number of benzene rings is 2. The number of para-hydroxylation sites is 1. The summed E-state index contributed by atoms with van der Waals surface area (Å²) in [5.74, 6) is -0.00669. The van der Waals surface area contributed by atoms with Crippen molar-refractivity contribution in [2.45, 2.75) is 13.3 Å². The van der Waals surface area contributed by atoms with Crippen LogP contribution < -0.4 is 0 Å². The number of aryl methyl sites for hydroxylation is 1. The van der Waals surface area contributed by atoms with Gasteiger partial charge in [0.1, 0.15) is 0 Å². The van der Waals surface area contributed by atoms with Crippen LogP contribution in [0.15, 0.2) is 46.6 Å². The van der Waals surface area contributed by atoms with E-state index in [1.54, 1.807) is 18.2 Å². The molecule has 0 saturated heterocycles. The third-order valence-electron chi connectivity index (χ3n) is 3.37. The zero-order valence-corrected chi connectivity index (χ0v) is 13.3. The highest BCUT2D eigenvalue weighted by Gasteiger charge is 2.12. The molecule has 0 fully saturated rings. The molecule has 0 aliphatic carbocycles. The molecule has 0 amide bonds. The second kappa shape index (κ2) is 5.99. The van der Waals surface area contributed by atoms with Crippen LogP contribution in [0.25, 0.3) is 10.9 Å². The smallest absolute Gasteiger partial charge is 0.218 e. The molecule has 0 unspecified atom stereocenters. The summed E-state index contributed by atoms with van der Waals surface area (Å²) in [6.45, 7) is 2.06. The van der Waals surface area contributed by atoms with Crippen LogP contribution in [-0.2, 0) is 6.42 Å². The molecule has 0 atom stereocenters. The van der Waals surface area contributed by atoms with Gasteiger partial charge in [-0.15, -0.1) is 5.11 Å². The second-order valence-electron chi connectivity index (χ2n) is 4.84. The van der Waals surface area contributed by atoms with Crippen LogP contribution in [-0.4, -0.2) is 10.1 Å². The molecule has 3 aromatic rings. The molecule has 0 bridgehead atoms. The number of H-pyrrole nitrogens is 1. The number of halogens is 2. The Morgan fingerprint density at radius 3 is 2.50 bits per heavy atom. The van der Waals surface area contributed by atoms with Gasteiger partial charge in [-0.25, -0.2) is 0 Å². The number of aromatic amines is 1. The molecule has 0 saturated carbocycles. The van der Waals surface area contributed by atoms with Crippen molar-refractivity contribution < 1.29 is 5.11 Å². The monoisotopic (exact) mass is 333 g/mol. The first-order valence-corrected chi connectivity index (χ1v) is 7.54. The lowest BCUT2D eigenvalue weighted by Crippen LogP contribution is -1.80. The molecular weight excluding hydrogens is 321 g/mol. The maximum atomic E-state index is 10.1. The Hall–Kier alpha value is -2.04. The van der Waals surface area contributed by atoms with Gasteiger partial charge in [-0.05, 0) is 30.2 Å². The van der Waals surface area contributed by atoms with E-state index >= 15 is 0 Å². The van der Waals surface area contributed by atoms with Crippen molar-refractivity contribution in [3.8, 4) is 5.88 Å². The summed E-state index contributed by atoms with van der Waals surface area (Å²) >= 11 is 11.9. The summed E-state index contributed by atoms with van der Waals surface area (Å²) in [5, 5.41) is 20.1. The van der Waals surface area contributed by atoms with Crippen LogP contribution >= 0.6 is 23.2 Å². The lowest BCUT2D eigenvalue weighted by atomic mass is 10.1. The Morgan fingerprint density at radius 2 is 1.82 bits per heavy atom. The first-order chi connectivity index (χ1) is 10.6. The van der Waals surface area contributed by atoms with E-state index in [0.717, 1.165) is 22.9 Å². The van der Waals surface area contributed by atoms with E-state index in [0.29, 0.717) is 21.4 Å². The standard InChI is InChI=1S/C16H13Cl2N3O/c1-2-9-4-3-5-13-14(9)19-16(22)15(13)21-20-12-7-10(17)6-11(18)8-12/h3-8,19,22H,2H2,1H3. The molecule has 4 nitrogen and oxygen atoms in total. The van der Waals surface area contributed by atoms with E-state index in [2.05, 4.69) is 22.1 Å². The minimum Gasteiger partial charge on any atom is -0.493 e. The molecule has 0 spiro atoms. The van der Waals surface area contributed by atoms with E-state index in [-0.39, 0.29) is 5.88 Å². The number of hydrogen-bond acceptors (Lipinski definition) is 3. The van der Waals surface area contributed by atoms with E-state index in [1.165, 1.54) is 0 Å². The predicted molar refractivity (Wildman–Crippen MR) is 90.0 cm³/mol. The average Bonchev–Trinajstić information content (AvgIpc) is 2.79. The quantitative estimate of drug-likeness (QED) is 0.554. The fraction of sp³-hybridized carbons (Fsp3) is 0.125. The summed E-state index contributed by atoms with van der Waals surface area (Å²) in [7, 11) is 0. The molecule has 1 heterocycles. The molecule has 0 aliphatic rings. The SMILES string of the molecule is CCc1cccc2c(N=Nc3cc(Cl)cc(Cl)c3)c(O)[nH]c12. The minimum atomic E-state index is -0.00669. The van der Waals surface area contributed by atoms with Gasteiger partial charge in [-0.2, -0.15) is 5.11 Å². The molecule has 0 aliphatic heterocycles. The highest BCUT2D eigenvalue weighted by atomic mass is 35.5. The van der Waals surface area contributed by atoms with Gasteiger partial charge in [0.25, 0.3) is 0 Å². The second-order valence-corrected chi connectivity index (χ2v) is 5.72. The Bertz CT molecular complexity index is 851. The lowest BCUT2D eigenvalue weighted by Gasteiger charge is -1.98. The normalized spacial score (nSPS) is 11.6. The third-order valence-corrected chi connectivity index (χ3v) is 3.80. The van der Waals surface area contributed by atoms with Crippen molar-refractivity contribution in [2.75, 3.05) is 0 Å². The molecule has 3 rings (SSSR count). The molecule has 22 heavy (non-hydrogen) atoms. The Labute approximate surface area is 137 Å². The van der Waals surface area contributed by atoms with Crippen LogP contribution in [0.5, 0.6) is 5.88 Å². The van der Waals surface area contributed by atoms with E-state index in [9.17, 15) is 5.11 Å². The van der Waals surface area contributed by atoms with Crippen molar-refractivity contribution >= 4 is 45.5 Å². The molecular formula is C16H13Cl2N3O. The predicted octanol–water partition coefficient (Wildman–Crippen LogP) is 6.16. The lowest BCUT2D eigenvalue weighted by molar-refractivity contribution is 0.459. The van der Waals surface area contributed by atoms with Gasteiger partial charge in [0.15, 0.2) is 5.69 Å². The molecule has 6 heteroatoms. The van der Waals surface area contributed by atoms with E-state index in [4.69, 9.17) is 23.2 Å². The number of rotatable bonds is 3. The van der Waals surface area contributed by atoms with Gasteiger partial charge < -0.3 is 10.1 Å². The summed E-state index contributed by atoms with van der Waals surface area (Å²) in [4.78, 5) is 2.96. The Morgan fingerprint density at radius 1 is 1.09 bits per heavy atom. The van der Waals surface area contributed by atoms with Gasteiger partial charge in [0, 0.05) is 15.4 Å². The number of azo groups is 1. The van der Waals surface area contributed by atoms with Gasteiger partial charge in [0.05, 0.1) is 11.2 Å². The maximum absolute atomic E-state index is 10.1. The highest BCUT2D eigenvalue weighted by molar-refractivity contribution is 6.35. The maximum Gasteiger partial charge on any atom is 0.218 e. The Balaban J connectivity index is 2.07. The van der Waals surface area contributed by atoms with Gasteiger partial charge >= 0.3 is 0 Å². The Kier molecular flexibility index (Phi) is 4.05. The number of nitrogens with zero attached hydrogens (tertiary/aromatic N) is 2. The fourth-order valence-electron chi connectivity index (χ4n) is 2.35. The van der Waals surface area contributed by atoms with E-state index in [1.807, 2.05) is 18.2 Å². The first kappa shape index (κ1) is 14.9. The summed E-state index contributed by atoms with van der Waals surface area (Å²) in [5.41, 5.74) is 2.92.